The molecule has 4 heteroatoms. The van der Waals surface area contributed by atoms with E-state index in [2.05, 4.69) is 27.5 Å². The first-order valence-electron chi connectivity index (χ1n) is 6.60. The van der Waals surface area contributed by atoms with Crippen molar-refractivity contribution in [2.24, 2.45) is 5.92 Å². The summed E-state index contributed by atoms with van der Waals surface area (Å²) in [5.41, 5.74) is 1.22. The van der Waals surface area contributed by atoms with Gasteiger partial charge >= 0.3 is 0 Å². The van der Waals surface area contributed by atoms with Gasteiger partial charge in [0, 0.05) is 19.2 Å². The number of rotatable bonds is 6. The highest BCUT2D eigenvalue weighted by atomic mass is 15.1. The van der Waals surface area contributed by atoms with Gasteiger partial charge in [-0.1, -0.05) is 19.8 Å². The Morgan fingerprint density at radius 2 is 2.06 bits per heavy atom. The maximum atomic E-state index is 4.37. The van der Waals surface area contributed by atoms with Gasteiger partial charge in [0.1, 0.15) is 18.0 Å². The van der Waals surface area contributed by atoms with E-state index in [1.165, 1.54) is 24.8 Å². The first-order valence-corrected chi connectivity index (χ1v) is 6.60. The van der Waals surface area contributed by atoms with Crippen molar-refractivity contribution < 1.29 is 0 Å². The molecule has 1 aliphatic carbocycles. The van der Waals surface area contributed by atoms with Gasteiger partial charge < -0.3 is 10.6 Å². The fourth-order valence-corrected chi connectivity index (χ4v) is 2.20. The number of nitrogens with one attached hydrogen (secondary N) is 2. The molecule has 94 valence electrons. The molecule has 1 fully saturated rings. The summed E-state index contributed by atoms with van der Waals surface area (Å²) in [6, 6.07) is 0. The van der Waals surface area contributed by atoms with Crippen molar-refractivity contribution in [1.82, 2.24) is 9.97 Å². The van der Waals surface area contributed by atoms with Crippen LogP contribution in [0.1, 0.15) is 38.2 Å². The Bertz CT molecular complexity index is 360. The second-order valence-corrected chi connectivity index (χ2v) is 4.73. The maximum absolute atomic E-state index is 4.37. The van der Waals surface area contributed by atoms with Crippen LogP contribution >= 0.6 is 0 Å². The topological polar surface area (TPSA) is 49.8 Å². The molecule has 1 heterocycles. The first-order chi connectivity index (χ1) is 8.35. The molecule has 0 spiro atoms. The lowest BCUT2D eigenvalue weighted by molar-refractivity contribution is 0.333. The highest BCUT2D eigenvalue weighted by molar-refractivity contribution is 5.57. The van der Waals surface area contributed by atoms with Crippen LogP contribution in [-0.2, 0) is 6.42 Å². The summed E-state index contributed by atoms with van der Waals surface area (Å²) in [6.45, 7) is 3.24. The average Bonchev–Trinajstić information content (AvgIpc) is 2.29. The summed E-state index contributed by atoms with van der Waals surface area (Å²) in [5.74, 6) is 2.81. The molecule has 0 aliphatic heterocycles. The molecular formula is C13H22N4. The van der Waals surface area contributed by atoms with Gasteiger partial charge in [-0.15, -0.1) is 0 Å². The Morgan fingerprint density at radius 3 is 2.65 bits per heavy atom. The van der Waals surface area contributed by atoms with Crippen LogP contribution in [-0.4, -0.2) is 23.6 Å². The minimum absolute atomic E-state index is 0.845. The number of anilines is 2. The lowest BCUT2D eigenvalue weighted by Gasteiger charge is -2.26. The maximum Gasteiger partial charge on any atom is 0.134 e. The molecule has 1 aromatic rings. The van der Waals surface area contributed by atoms with Gasteiger partial charge in [-0.25, -0.2) is 9.97 Å². The summed E-state index contributed by atoms with van der Waals surface area (Å²) in [5, 5.41) is 6.63. The normalized spacial score (nSPS) is 15.4. The second kappa shape index (κ2) is 5.84. The summed E-state index contributed by atoms with van der Waals surface area (Å²) >= 11 is 0. The van der Waals surface area contributed by atoms with Gasteiger partial charge in [-0.3, -0.25) is 0 Å². The van der Waals surface area contributed by atoms with Crippen molar-refractivity contribution in [2.45, 2.75) is 39.0 Å². The number of aromatic nitrogens is 2. The standard InChI is InChI=1S/C13H22N4/c1-3-5-11-12(14-2)16-9-17-13(11)15-8-10-6-4-7-10/h9-10H,3-8H2,1-2H3,(H2,14,15,16,17). The zero-order valence-corrected chi connectivity index (χ0v) is 10.8. The molecule has 17 heavy (non-hydrogen) atoms. The Labute approximate surface area is 103 Å². The molecular weight excluding hydrogens is 212 g/mol. The van der Waals surface area contributed by atoms with Gasteiger partial charge in [-0.2, -0.15) is 0 Å². The van der Waals surface area contributed by atoms with Crippen molar-refractivity contribution >= 4 is 11.6 Å². The van der Waals surface area contributed by atoms with E-state index in [1.807, 2.05) is 7.05 Å². The van der Waals surface area contributed by atoms with Gasteiger partial charge in [0.25, 0.3) is 0 Å². The summed E-state index contributed by atoms with van der Waals surface area (Å²) in [6.07, 6.45) is 7.87. The molecule has 1 aliphatic rings. The number of hydrogen-bond donors (Lipinski definition) is 2. The molecule has 0 unspecified atom stereocenters. The highest BCUT2D eigenvalue weighted by Gasteiger charge is 2.18. The quantitative estimate of drug-likeness (QED) is 0.794. The molecule has 2 rings (SSSR count). The second-order valence-electron chi connectivity index (χ2n) is 4.73. The molecule has 0 amide bonds. The van der Waals surface area contributed by atoms with E-state index < -0.39 is 0 Å². The largest absolute Gasteiger partial charge is 0.373 e. The predicted octanol–water partition coefficient (Wildman–Crippen LogP) is 2.68. The monoisotopic (exact) mass is 234 g/mol. The minimum Gasteiger partial charge on any atom is -0.373 e. The van der Waals surface area contributed by atoms with Gasteiger partial charge in [0.05, 0.1) is 0 Å². The zero-order chi connectivity index (χ0) is 12.1. The van der Waals surface area contributed by atoms with Crippen molar-refractivity contribution in [3.05, 3.63) is 11.9 Å². The molecule has 4 nitrogen and oxygen atoms in total. The molecule has 0 bridgehead atoms. The van der Waals surface area contributed by atoms with E-state index >= 15 is 0 Å². The Hall–Kier alpha value is -1.32. The van der Waals surface area contributed by atoms with E-state index in [-0.39, 0.29) is 0 Å². The van der Waals surface area contributed by atoms with Crippen LogP contribution in [0.3, 0.4) is 0 Å². The predicted molar refractivity (Wildman–Crippen MR) is 71.4 cm³/mol. The highest BCUT2D eigenvalue weighted by Crippen LogP contribution is 2.27. The summed E-state index contributed by atoms with van der Waals surface area (Å²) in [4.78, 5) is 8.65. The SMILES string of the molecule is CCCc1c(NC)ncnc1NCC1CCC1. The molecule has 1 aromatic heterocycles. The molecule has 1 saturated carbocycles. The van der Waals surface area contributed by atoms with Crippen LogP contribution in [0.15, 0.2) is 6.33 Å². The fourth-order valence-electron chi connectivity index (χ4n) is 2.20. The van der Waals surface area contributed by atoms with Gasteiger partial charge in [-0.05, 0) is 25.2 Å². The van der Waals surface area contributed by atoms with E-state index in [4.69, 9.17) is 0 Å². The molecule has 0 atom stereocenters. The average molecular weight is 234 g/mol. The Balaban J connectivity index is 2.07. The molecule has 0 aromatic carbocycles. The van der Waals surface area contributed by atoms with Crippen LogP contribution in [0.2, 0.25) is 0 Å². The Morgan fingerprint density at radius 1 is 1.29 bits per heavy atom. The van der Waals surface area contributed by atoms with E-state index in [0.717, 1.165) is 36.9 Å². The van der Waals surface area contributed by atoms with Crippen molar-refractivity contribution in [3.8, 4) is 0 Å². The summed E-state index contributed by atoms with van der Waals surface area (Å²) in [7, 11) is 1.91. The smallest absolute Gasteiger partial charge is 0.134 e. The van der Waals surface area contributed by atoms with Crippen LogP contribution < -0.4 is 10.6 Å². The van der Waals surface area contributed by atoms with Gasteiger partial charge in [0.2, 0.25) is 0 Å². The van der Waals surface area contributed by atoms with Crippen molar-refractivity contribution in [3.63, 3.8) is 0 Å². The lowest BCUT2D eigenvalue weighted by Crippen LogP contribution is -2.22. The molecule has 2 N–H and O–H groups in total. The zero-order valence-electron chi connectivity index (χ0n) is 10.8. The molecule has 0 saturated heterocycles. The summed E-state index contributed by atoms with van der Waals surface area (Å²) < 4.78 is 0. The van der Waals surface area contributed by atoms with Crippen molar-refractivity contribution in [1.29, 1.82) is 0 Å². The van der Waals surface area contributed by atoms with Crippen molar-refractivity contribution in [2.75, 3.05) is 24.2 Å². The number of hydrogen-bond acceptors (Lipinski definition) is 4. The molecule has 0 radical (unpaired) electrons. The van der Waals surface area contributed by atoms with Gasteiger partial charge in [0.15, 0.2) is 0 Å². The first kappa shape index (κ1) is 12.1. The minimum atomic E-state index is 0.845. The lowest BCUT2D eigenvalue weighted by atomic mass is 9.85. The third-order valence-corrected chi connectivity index (χ3v) is 3.47. The third-order valence-electron chi connectivity index (χ3n) is 3.47. The Kier molecular flexibility index (Phi) is 4.18. The van der Waals surface area contributed by atoms with Crippen LogP contribution in [0.25, 0.3) is 0 Å². The van der Waals surface area contributed by atoms with E-state index in [1.54, 1.807) is 6.33 Å². The van der Waals surface area contributed by atoms with E-state index in [9.17, 15) is 0 Å². The van der Waals surface area contributed by atoms with E-state index in [0.29, 0.717) is 0 Å². The van der Waals surface area contributed by atoms with Crippen LogP contribution in [0.4, 0.5) is 11.6 Å². The van der Waals surface area contributed by atoms with Crippen LogP contribution in [0.5, 0.6) is 0 Å². The third kappa shape index (κ3) is 2.87. The number of nitrogens with zero attached hydrogens (tertiary/aromatic N) is 2. The fraction of sp³-hybridized carbons (Fsp3) is 0.692. The van der Waals surface area contributed by atoms with Crippen LogP contribution in [0, 0.1) is 5.92 Å².